The van der Waals surface area contributed by atoms with Crippen molar-refractivity contribution in [1.29, 1.82) is 0 Å². The van der Waals surface area contributed by atoms with Crippen LogP contribution in [0.15, 0.2) is 54.6 Å². The van der Waals surface area contributed by atoms with Crippen molar-refractivity contribution >= 4 is 34.1 Å². The number of hydrogen-bond donors (Lipinski definition) is 1. The van der Waals surface area contributed by atoms with E-state index < -0.39 is 0 Å². The molecule has 0 radical (unpaired) electrons. The first-order valence-electron chi connectivity index (χ1n) is 9.09. The zero-order valence-corrected chi connectivity index (χ0v) is 16.4. The van der Waals surface area contributed by atoms with E-state index in [1.807, 2.05) is 54.6 Å². The van der Waals surface area contributed by atoms with Crippen LogP contribution in [0.2, 0.25) is 5.02 Å². The number of anilines is 2. The number of aromatic nitrogens is 4. The Hall–Kier alpha value is -3.12. The van der Waals surface area contributed by atoms with Crippen LogP contribution in [0.5, 0.6) is 5.75 Å². The highest BCUT2D eigenvalue weighted by molar-refractivity contribution is 6.35. The SMILES string of the molecule is CCCn1c(-c2ccc(Nc3ccc(OC)cc3)nn2)nc2cccc(Cl)c21. The van der Waals surface area contributed by atoms with Crippen molar-refractivity contribution in [2.75, 3.05) is 12.4 Å². The number of methoxy groups -OCH3 is 1. The number of nitrogens with zero attached hydrogens (tertiary/aromatic N) is 4. The van der Waals surface area contributed by atoms with Gasteiger partial charge in [-0.05, 0) is 55.0 Å². The standard InChI is InChI=1S/C21H20ClN5O/c1-3-13-27-20-16(22)5-4-6-17(20)24-21(27)18-11-12-19(26-25-18)23-14-7-9-15(28-2)10-8-14/h4-12H,3,13H2,1-2H3,(H,23,26). The summed E-state index contributed by atoms with van der Waals surface area (Å²) in [6.07, 6.45) is 0.966. The summed E-state index contributed by atoms with van der Waals surface area (Å²) in [6.45, 7) is 2.93. The van der Waals surface area contributed by atoms with Crippen molar-refractivity contribution in [3.8, 4) is 17.3 Å². The molecule has 0 aliphatic heterocycles. The van der Waals surface area contributed by atoms with Crippen LogP contribution in [0.3, 0.4) is 0 Å². The molecule has 0 bridgehead atoms. The normalized spacial score (nSPS) is 11.0. The minimum Gasteiger partial charge on any atom is -0.497 e. The van der Waals surface area contributed by atoms with Gasteiger partial charge in [0.1, 0.15) is 11.4 Å². The fourth-order valence-corrected chi connectivity index (χ4v) is 3.39. The van der Waals surface area contributed by atoms with Crippen LogP contribution in [0.4, 0.5) is 11.5 Å². The topological polar surface area (TPSA) is 64.9 Å². The van der Waals surface area contributed by atoms with Crippen LogP contribution in [-0.2, 0) is 6.54 Å². The van der Waals surface area contributed by atoms with Gasteiger partial charge in [-0.2, -0.15) is 0 Å². The molecule has 0 aliphatic rings. The lowest BCUT2D eigenvalue weighted by atomic mass is 10.3. The smallest absolute Gasteiger partial charge is 0.161 e. The highest BCUT2D eigenvalue weighted by Gasteiger charge is 2.16. The maximum Gasteiger partial charge on any atom is 0.161 e. The lowest BCUT2D eigenvalue weighted by molar-refractivity contribution is 0.415. The van der Waals surface area contributed by atoms with Crippen molar-refractivity contribution in [2.24, 2.45) is 0 Å². The van der Waals surface area contributed by atoms with Crippen LogP contribution in [0.1, 0.15) is 13.3 Å². The third-order valence-corrected chi connectivity index (χ3v) is 4.73. The molecule has 0 spiro atoms. The third-order valence-electron chi connectivity index (χ3n) is 4.42. The molecule has 28 heavy (non-hydrogen) atoms. The third kappa shape index (κ3) is 3.51. The first kappa shape index (κ1) is 18.3. The fraction of sp³-hybridized carbons (Fsp3) is 0.190. The molecule has 0 amide bonds. The number of benzene rings is 2. The van der Waals surface area contributed by atoms with Crippen molar-refractivity contribution in [1.82, 2.24) is 19.7 Å². The van der Waals surface area contributed by atoms with Crippen LogP contribution >= 0.6 is 11.6 Å². The van der Waals surface area contributed by atoms with Gasteiger partial charge in [-0.25, -0.2) is 4.98 Å². The van der Waals surface area contributed by atoms with E-state index in [2.05, 4.69) is 27.0 Å². The second-order valence-corrected chi connectivity index (χ2v) is 6.76. The molecular weight excluding hydrogens is 374 g/mol. The zero-order chi connectivity index (χ0) is 19.5. The molecule has 0 atom stereocenters. The number of ether oxygens (including phenoxy) is 1. The van der Waals surface area contributed by atoms with E-state index in [0.717, 1.165) is 41.3 Å². The van der Waals surface area contributed by atoms with Crippen LogP contribution in [0, 0.1) is 0 Å². The Bertz CT molecular complexity index is 1090. The number of nitrogens with one attached hydrogen (secondary N) is 1. The first-order valence-corrected chi connectivity index (χ1v) is 9.47. The van der Waals surface area contributed by atoms with Gasteiger partial charge in [-0.3, -0.25) is 0 Å². The molecule has 0 saturated carbocycles. The maximum atomic E-state index is 6.42. The zero-order valence-electron chi connectivity index (χ0n) is 15.7. The molecule has 0 aliphatic carbocycles. The number of fused-ring (bicyclic) bond motifs is 1. The summed E-state index contributed by atoms with van der Waals surface area (Å²) in [5.74, 6) is 2.24. The molecule has 2 aromatic heterocycles. The molecule has 142 valence electrons. The van der Waals surface area contributed by atoms with E-state index in [9.17, 15) is 0 Å². The minimum absolute atomic E-state index is 0.658. The van der Waals surface area contributed by atoms with Gasteiger partial charge < -0.3 is 14.6 Å². The lowest BCUT2D eigenvalue weighted by Gasteiger charge is -2.09. The second-order valence-electron chi connectivity index (χ2n) is 6.35. The second kappa shape index (κ2) is 7.86. The van der Waals surface area contributed by atoms with E-state index in [4.69, 9.17) is 21.3 Å². The lowest BCUT2D eigenvalue weighted by Crippen LogP contribution is -2.03. The van der Waals surface area contributed by atoms with Gasteiger partial charge in [0.05, 0.1) is 23.2 Å². The van der Waals surface area contributed by atoms with Gasteiger partial charge in [0.25, 0.3) is 0 Å². The van der Waals surface area contributed by atoms with Crippen molar-refractivity contribution < 1.29 is 4.74 Å². The van der Waals surface area contributed by atoms with Gasteiger partial charge >= 0.3 is 0 Å². The number of imidazole rings is 1. The van der Waals surface area contributed by atoms with Gasteiger partial charge in [0, 0.05) is 12.2 Å². The molecule has 2 heterocycles. The van der Waals surface area contributed by atoms with Crippen LogP contribution < -0.4 is 10.1 Å². The summed E-state index contributed by atoms with van der Waals surface area (Å²) in [6, 6.07) is 17.2. The Morgan fingerprint density at radius 2 is 1.86 bits per heavy atom. The Kier molecular flexibility index (Phi) is 5.12. The number of hydrogen-bond acceptors (Lipinski definition) is 5. The highest BCUT2D eigenvalue weighted by Crippen LogP contribution is 2.29. The molecule has 0 unspecified atom stereocenters. The monoisotopic (exact) mass is 393 g/mol. The molecule has 0 fully saturated rings. The van der Waals surface area contributed by atoms with E-state index in [1.54, 1.807) is 7.11 Å². The molecule has 0 saturated heterocycles. The molecule has 6 nitrogen and oxygen atoms in total. The van der Waals surface area contributed by atoms with Crippen molar-refractivity contribution in [3.63, 3.8) is 0 Å². The minimum atomic E-state index is 0.658. The van der Waals surface area contributed by atoms with Gasteiger partial charge in [0.2, 0.25) is 0 Å². The summed E-state index contributed by atoms with van der Waals surface area (Å²) in [7, 11) is 1.64. The molecular formula is C21H20ClN5O. The average molecular weight is 394 g/mol. The highest BCUT2D eigenvalue weighted by atomic mass is 35.5. The van der Waals surface area contributed by atoms with Crippen molar-refractivity contribution in [3.05, 3.63) is 59.6 Å². The van der Waals surface area contributed by atoms with Crippen LogP contribution in [-0.4, -0.2) is 26.9 Å². The van der Waals surface area contributed by atoms with E-state index in [-0.39, 0.29) is 0 Å². The van der Waals surface area contributed by atoms with E-state index in [0.29, 0.717) is 16.5 Å². The number of para-hydroxylation sites is 1. The van der Waals surface area contributed by atoms with Gasteiger partial charge in [-0.1, -0.05) is 24.6 Å². The Morgan fingerprint density at radius 1 is 1.04 bits per heavy atom. The Balaban J connectivity index is 1.65. The molecule has 1 N–H and O–H groups in total. The summed E-state index contributed by atoms with van der Waals surface area (Å²) in [5, 5.41) is 12.6. The number of aryl methyl sites for hydroxylation is 1. The molecule has 4 aromatic rings. The van der Waals surface area contributed by atoms with Gasteiger partial charge in [-0.15, -0.1) is 10.2 Å². The molecule has 4 rings (SSSR count). The molecule has 7 heteroatoms. The largest absolute Gasteiger partial charge is 0.497 e. The predicted octanol–water partition coefficient (Wildman–Crippen LogP) is 5.31. The van der Waals surface area contributed by atoms with Crippen molar-refractivity contribution in [2.45, 2.75) is 19.9 Å². The Labute approximate surface area is 168 Å². The quantitative estimate of drug-likeness (QED) is 0.481. The average Bonchev–Trinajstić information content (AvgIpc) is 3.09. The first-order chi connectivity index (χ1) is 13.7. The van der Waals surface area contributed by atoms with Gasteiger partial charge in [0.15, 0.2) is 11.6 Å². The fourth-order valence-electron chi connectivity index (χ4n) is 3.12. The summed E-state index contributed by atoms with van der Waals surface area (Å²) >= 11 is 6.42. The van der Waals surface area contributed by atoms with Crippen LogP contribution in [0.25, 0.3) is 22.6 Å². The Morgan fingerprint density at radius 3 is 2.54 bits per heavy atom. The number of rotatable bonds is 6. The molecule has 2 aromatic carbocycles. The summed E-state index contributed by atoms with van der Waals surface area (Å²) in [4.78, 5) is 4.74. The maximum absolute atomic E-state index is 6.42. The number of halogens is 1. The summed E-state index contributed by atoms with van der Waals surface area (Å²) < 4.78 is 7.28. The van der Waals surface area contributed by atoms with E-state index in [1.165, 1.54) is 0 Å². The van der Waals surface area contributed by atoms with E-state index >= 15 is 0 Å². The predicted molar refractivity (Wildman–Crippen MR) is 112 cm³/mol. The summed E-state index contributed by atoms with van der Waals surface area (Å²) in [5.41, 5.74) is 3.41.